The van der Waals surface area contributed by atoms with Gasteiger partial charge in [-0.2, -0.15) is 18.3 Å². The molecule has 0 aliphatic carbocycles. The number of carbonyl (C=O) groups excluding carboxylic acids is 1. The number of piperidine rings is 1. The van der Waals surface area contributed by atoms with Crippen LogP contribution in [-0.4, -0.2) is 46.1 Å². The van der Waals surface area contributed by atoms with Gasteiger partial charge < -0.3 is 15.5 Å². The zero-order chi connectivity index (χ0) is 26.2. The average molecular weight is 509 g/mol. The van der Waals surface area contributed by atoms with E-state index in [1.165, 1.54) is 6.07 Å². The SMILES string of the molecule is Cc1cc(C(F)(F)F)cc(NC(=O)c2cccnc2Nc2ccc3cn[nH]c3c2)c1C1CCN(C)CC1. The number of aromatic nitrogens is 3. The molecule has 2 aromatic carbocycles. The topological polar surface area (TPSA) is 85.9 Å². The lowest BCUT2D eigenvalue weighted by molar-refractivity contribution is -0.137. The molecule has 1 fully saturated rings. The van der Waals surface area contributed by atoms with Gasteiger partial charge in [-0.15, -0.1) is 0 Å². The predicted octanol–water partition coefficient (Wildman–Crippen LogP) is 6.09. The largest absolute Gasteiger partial charge is 0.416 e. The minimum absolute atomic E-state index is 0.0569. The molecule has 0 atom stereocenters. The third kappa shape index (κ3) is 5.29. The minimum atomic E-state index is -4.53. The summed E-state index contributed by atoms with van der Waals surface area (Å²) in [6, 6.07) is 11.0. The molecule has 1 aliphatic rings. The monoisotopic (exact) mass is 508 g/mol. The second kappa shape index (κ2) is 9.85. The summed E-state index contributed by atoms with van der Waals surface area (Å²) in [7, 11) is 2.03. The van der Waals surface area contributed by atoms with Gasteiger partial charge in [0.15, 0.2) is 0 Å². The van der Waals surface area contributed by atoms with E-state index in [-0.39, 0.29) is 17.2 Å². The number of alkyl halides is 3. The molecule has 2 aromatic heterocycles. The van der Waals surface area contributed by atoms with Crippen molar-refractivity contribution in [3.8, 4) is 0 Å². The van der Waals surface area contributed by atoms with Gasteiger partial charge >= 0.3 is 6.18 Å². The summed E-state index contributed by atoms with van der Waals surface area (Å²) < 4.78 is 41.0. The van der Waals surface area contributed by atoms with Crippen molar-refractivity contribution in [2.24, 2.45) is 0 Å². The van der Waals surface area contributed by atoms with Gasteiger partial charge in [0.2, 0.25) is 0 Å². The van der Waals surface area contributed by atoms with Gasteiger partial charge in [-0.1, -0.05) is 0 Å². The third-order valence-corrected chi connectivity index (χ3v) is 6.85. The molecule has 0 spiro atoms. The molecule has 0 bridgehead atoms. The highest BCUT2D eigenvalue weighted by Gasteiger charge is 2.33. The fraction of sp³-hybridized carbons (Fsp3) is 0.296. The Hall–Kier alpha value is -3.92. The Morgan fingerprint density at radius 1 is 1.14 bits per heavy atom. The zero-order valence-corrected chi connectivity index (χ0v) is 20.5. The first-order chi connectivity index (χ1) is 17.7. The van der Waals surface area contributed by atoms with Crippen LogP contribution in [0.15, 0.2) is 54.9 Å². The van der Waals surface area contributed by atoms with E-state index in [0.717, 1.165) is 48.5 Å². The number of rotatable bonds is 5. The maximum absolute atomic E-state index is 13.7. The number of pyridine rings is 1. The lowest BCUT2D eigenvalue weighted by Gasteiger charge is -2.32. The molecule has 10 heteroatoms. The number of hydrogen-bond donors (Lipinski definition) is 3. The standard InChI is InChI=1S/C27H27F3N6O/c1-16-12-19(27(28,29)30)13-23(24(16)17-7-10-36(2)11-8-17)34-26(37)21-4-3-9-31-25(21)33-20-6-5-18-15-32-35-22(18)14-20/h3-6,9,12-15,17H,7-8,10-11H2,1-2H3,(H,31,33)(H,32,35)(H,34,37). The van der Waals surface area contributed by atoms with E-state index in [1.807, 2.05) is 25.2 Å². The Morgan fingerprint density at radius 3 is 2.68 bits per heavy atom. The van der Waals surface area contributed by atoms with Crippen molar-refractivity contribution < 1.29 is 18.0 Å². The second-order valence-corrected chi connectivity index (χ2v) is 9.48. The highest BCUT2D eigenvalue weighted by Crippen LogP contribution is 2.40. The van der Waals surface area contributed by atoms with Crippen LogP contribution >= 0.6 is 0 Å². The molecule has 0 radical (unpaired) electrons. The van der Waals surface area contributed by atoms with Crippen LogP contribution in [0.25, 0.3) is 10.9 Å². The number of likely N-dealkylation sites (tertiary alicyclic amines) is 1. The molecule has 1 aliphatic heterocycles. The van der Waals surface area contributed by atoms with Crippen molar-refractivity contribution in [1.29, 1.82) is 0 Å². The number of aromatic amines is 1. The molecule has 5 rings (SSSR count). The molecule has 4 aromatic rings. The van der Waals surface area contributed by atoms with Gasteiger partial charge in [0.05, 0.1) is 22.8 Å². The van der Waals surface area contributed by atoms with Gasteiger partial charge in [0.1, 0.15) is 5.82 Å². The first-order valence-corrected chi connectivity index (χ1v) is 12.1. The molecule has 37 heavy (non-hydrogen) atoms. The van der Waals surface area contributed by atoms with Gasteiger partial charge in [-0.05, 0) is 99.4 Å². The predicted molar refractivity (Wildman–Crippen MR) is 137 cm³/mol. The van der Waals surface area contributed by atoms with E-state index in [4.69, 9.17) is 0 Å². The lowest BCUT2D eigenvalue weighted by Crippen LogP contribution is -2.30. The number of aryl methyl sites for hydroxylation is 1. The van der Waals surface area contributed by atoms with Crippen LogP contribution < -0.4 is 10.6 Å². The van der Waals surface area contributed by atoms with Crippen LogP contribution in [-0.2, 0) is 6.18 Å². The van der Waals surface area contributed by atoms with E-state index < -0.39 is 17.6 Å². The second-order valence-electron chi connectivity index (χ2n) is 9.48. The van der Waals surface area contributed by atoms with Crippen molar-refractivity contribution >= 4 is 34.0 Å². The molecular formula is C27H27F3N6O. The number of H-pyrrole nitrogens is 1. The number of nitrogens with zero attached hydrogens (tertiary/aromatic N) is 3. The summed E-state index contributed by atoms with van der Waals surface area (Å²) in [4.78, 5) is 20.0. The van der Waals surface area contributed by atoms with Crippen molar-refractivity contribution in [3.05, 3.63) is 77.1 Å². The molecule has 0 saturated carbocycles. The molecule has 0 unspecified atom stereocenters. The van der Waals surface area contributed by atoms with Crippen LogP contribution in [0.1, 0.15) is 45.8 Å². The Morgan fingerprint density at radius 2 is 1.92 bits per heavy atom. The van der Waals surface area contributed by atoms with Gasteiger partial charge in [-0.3, -0.25) is 9.89 Å². The fourth-order valence-corrected chi connectivity index (χ4v) is 4.93. The van der Waals surface area contributed by atoms with E-state index in [2.05, 4.69) is 30.7 Å². The molecule has 3 N–H and O–H groups in total. The summed E-state index contributed by atoms with van der Waals surface area (Å²) in [6.07, 6.45) is 0.342. The van der Waals surface area contributed by atoms with Crippen LogP contribution in [0.5, 0.6) is 0 Å². The third-order valence-electron chi connectivity index (χ3n) is 6.85. The van der Waals surface area contributed by atoms with Gasteiger partial charge in [-0.25, -0.2) is 4.98 Å². The maximum Gasteiger partial charge on any atom is 0.416 e. The Kier molecular flexibility index (Phi) is 6.59. The number of nitrogens with one attached hydrogen (secondary N) is 3. The summed E-state index contributed by atoms with van der Waals surface area (Å²) in [5, 5.41) is 13.8. The molecule has 3 heterocycles. The Bertz CT molecular complexity index is 1440. The molecule has 1 saturated heterocycles. The van der Waals surface area contributed by atoms with Crippen LogP contribution in [0.4, 0.5) is 30.4 Å². The molecular weight excluding hydrogens is 481 g/mol. The Balaban J connectivity index is 1.48. The minimum Gasteiger partial charge on any atom is -0.340 e. The first kappa shape index (κ1) is 24.8. The average Bonchev–Trinajstić information content (AvgIpc) is 3.32. The van der Waals surface area contributed by atoms with Crippen LogP contribution in [0.2, 0.25) is 0 Å². The van der Waals surface area contributed by atoms with Gasteiger partial charge in [0.25, 0.3) is 5.91 Å². The summed E-state index contributed by atoms with van der Waals surface area (Å²) in [6.45, 7) is 3.37. The number of fused-ring (bicyclic) bond motifs is 1. The summed E-state index contributed by atoms with van der Waals surface area (Å²) in [5.74, 6) is -0.184. The number of carbonyl (C=O) groups is 1. The molecule has 192 valence electrons. The summed E-state index contributed by atoms with van der Waals surface area (Å²) in [5.41, 5.74) is 2.42. The quantitative estimate of drug-likeness (QED) is 0.304. The van der Waals surface area contributed by atoms with Crippen LogP contribution in [0.3, 0.4) is 0 Å². The van der Waals surface area contributed by atoms with E-state index in [1.54, 1.807) is 31.5 Å². The number of halogens is 3. The van der Waals surface area contributed by atoms with E-state index in [9.17, 15) is 18.0 Å². The van der Waals surface area contributed by atoms with Crippen molar-refractivity contribution in [2.75, 3.05) is 30.8 Å². The van der Waals surface area contributed by atoms with Crippen molar-refractivity contribution in [2.45, 2.75) is 31.9 Å². The van der Waals surface area contributed by atoms with E-state index >= 15 is 0 Å². The normalized spacial score (nSPS) is 15.2. The maximum atomic E-state index is 13.7. The molecule has 1 amide bonds. The number of hydrogen-bond acceptors (Lipinski definition) is 5. The zero-order valence-electron chi connectivity index (χ0n) is 20.5. The smallest absolute Gasteiger partial charge is 0.340 e. The number of anilines is 3. The van der Waals surface area contributed by atoms with E-state index in [0.29, 0.717) is 17.1 Å². The van der Waals surface area contributed by atoms with Crippen molar-refractivity contribution in [3.63, 3.8) is 0 Å². The van der Waals surface area contributed by atoms with Crippen LogP contribution in [0, 0.1) is 6.92 Å². The van der Waals surface area contributed by atoms with Gasteiger partial charge in [0, 0.05) is 23.0 Å². The highest BCUT2D eigenvalue weighted by atomic mass is 19.4. The fourth-order valence-electron chi connectivity index (χ4n) is 4.93. The number of amides is 1. The highest BCUT2D eigenvalue weighted by molar-refractivity contribution is 6.08. The summed E-state index contributed by atoms with van der Waals surface area (Å²) >= 11 is 0. The number of benzene rings is 2. The lowest BCUT2D eigenvalue weighted by atomic mass is 9.84. The Labute approximate surface area is 212 Å². The first-order valence-electron chi connectivity index (χ1n) is 12.1. The molecule has 7 nitrogen and oxygen atoms in total. The van der Waals surface area contributed by atoms with Crippen molar-refractivity contribution in [1.82, 2.24) is 20.1 Å².